The summed E-state index contributed by atoms with van der Waals surface area (Å²) in [5.41, 5.74) is 0.642. The molecule has 0 spiro atoms. The maximum Gasteiger partial charge on any atom is 0.242 e. The van der Waals surface area contributed by atoms with Crippen LogP contribution in [0.5, 0.6) is 0 Å². The van der Waals surface area contributed by atoms with Crippen molar-refractivity contribution in [1.29, 1.82) is 0 Å². The molecule has 2 rings (SSSR count). The van der Waals surface area contributed by atoms with E-state index in [9.17, 15) is 8.42 Å². The number of para-hydroxylation sites is 1. The third-order valence-corrected chi connectivity index (χ3v) is 5.96. The Morgan fingerprint density at radius 1 is 1.19 bits per heavy atom. The van der Waals surface area contributed by atoms with Gasteiger partial charge in [0.25, 0.3) is 0 Å². The molecule has 5 heteroatoms. The van der Waals surface area contributed by atoms with Gasteiger partial charge >= 0.3 is 0 Å². The highest BCUT2D eigenvalue weighted by Gasteiger charge is 2.28. The Hall–Kier alpha value is -1.07. The Labute approximate surface area is 128 Å². The third kappa shape index (κ3) is 3.98. The van der Waals surface area contributed by atoms with E-state index in [2.05, 4.69) is 17.0 Å². The maximum absolute atomic E-state index is 12.7. The van der Waals surface area contributed by atoms with Crippen LogP contribution in [0, 0.1) is 5.92 Å². The molecule has 0 aromatic heterocycles. The number of sulfonamides is 1. The zero-order chi connectivity index (χ0) is 15.3. The monoisotopic (exact) mass is 310 g/mol. The summed E-state index contributed by atoms with van der Waals surface area (Å²) < 4.78 is 28.3. The van der Waals surface area contributed by atoms with Gasteiger partial charge in [0.1, 0.15) is 4.90 Å². The van der Waals surface area contributed by atoms with Crippen LogP contribution in [-0.2, 0) is 10.0 Å². The Morgan fingerprint density at radius 2 is 1.86 bits per heavy atom. The van der Waals surface area contributed by atoms with Gasteiger partial charge in [-0.2, -0.15) is 0 Å². The summed E-state index contributed by atoms with van der Waals surface area (Å²) in [5.74, 6) is 0.472. The van der Waals surface area contributed by atoms with E-state index in [1.165, 1.54) is 19.3 Å². The molecule has 21 heavy (non-hydrogen) atoms. The van der Waals surface area contributed by atoms with E-state index in [-0.39, 0.29) is 6.04 Å². The smallest absolute Gasteiger partial charge is 0.242 e. The van der Waals surface area contributed by atoms with Crippen molar-refractivity contribution in [2.75, 3.05) is 12.4 Å². The van der Waals surface area contributed by atoms with Crippen LogP contribution >= 0.6 is 0 Å². The summed E-state index contributed by atoms with van der Waals surface area (Å²) in [7, 11) is -1.73. The van der Waals surface area contributed by atoms with Gasteiger partial charge in [0.15, 0.2) is 0 Å². The minimum atomic E-state index is -3.48. The fraction of sp³-hybridized carbons (Fsp3) is 0.625. The lowest BCUT2D eigenvalue weighted by molar-refractivity contribution is 0.285. The van der Waals surface area contributed by atoms with Gasteiger partial charge in [-0.1, -0.05) is 38.3 Å². The first-order chi connectivity index (χ1) is 10.1. The van der Waals surface area contributed by atoms with Gasteiger partial charge in [-0.05, 0) is 37.3 Å². The van der Waals surface area contributed by atoms with Gasteiger partial charge in [-0.15, -0.1) is 0 Å². The van der Waals surface area contributed by atoms with E-state index in [0.717, 1.165) is 19.3 Å². The number of rotatable bonds is 6. The second-order valence-electron chi connectivity index (χ2n) is 5.78. The summed E-state index contributed by atoms with van der Waals surface area (Å²) in [6, 6.07) is 7.08. The lowest BCUT2D eigenvalue weighted by Crippen LogP contribution is -2.40. The largest absolute Gasteiger partial charge is 0.387 e. The molecule has 1 fully saturated rings. The van der Waals surface area contributed by atoms with Crippen LogP contribution in [0.25, 0.3) is 0 Å². The highest BCUT2D eigenvalue weighted by Crippen LogP contribution is 2.29. The van der Waals surface area contributed by atoms with Crippen molar-refractivity contribution in [3.8, 4) is 0 Å². The molecule has 1 aliphatic rings. The molecule has 2 N–H and O–H groups in total. The molecule has 1 aromatic carbocycles. The van der Waals surface area contributed by atoms with E-state index < -0.39 is 10.0 Å². The Balaban J connectivity index is 2.18. The number of hydrogen-bond acceptors (Lipinski definition) is 3. The van der Waals surface area contributed by atoms with Crippen LogP contribution in [0.3, 0.4) is 0 Å². The minimum absolute atomic E-state index is 0.0419. The topological polar surface area (TPSA) is 58.2 Å². The summed E-state index contributed by atoms with van der Waals surface area (Å²) in [6.07, 6.45) is 6.82. The van der Waals surface area contributed by atoms with Gasteiger partial charge < -0.3 is 5.32 Å². The van der Waals surface area contributed by atoms with Gasteiger partial charge in [0, 0.05) is 13.1 Å². The molecule has 118 valence electrons. The quantitative estimate of drug-likeness (QED) is 0.847. The molecular weight excluding hydrogens is 284 g/mol. The molecule has 0 saturated heterocycles. The van der Waals surface area contributed by atoms with Crippen LogP contribution in [0.4, 0.5) is 5.69 Å². The first kappa shape index (κ1) is 16.3. The van der Waals surface area contributed by atoms with Gasteiger partial charge in [0.05, 0.1) is 5.69 Å². The maximum atomic E-state index is 12.7. The third-order valence-electron chi connectivity index (χ3n) is 4.41. The zero-order valence-corrected chi connectivity index (χ0v) is 13.7. The van der Waals surface area contributed by atoms with E-state index in [1.807, 2.05) is 6.07 Å². The molecule has 1 unspecified atom stereocenters. The van der Waals surface area contributed by atoms with Crippen LogP contribution in [-0.4, -0.2) is 21.5 Å². The van der Waals surface area contributed by atoms with Crippen molar-refractivity contribution < 1.29 is 8.42 Å². The van der Waals surface area contributed by atoms with E-state index in [1.54, 1.807) is 25.2 Å². The van der Waals surface area contributed by atoms with Gasteiger partial charge in [-0.25, -0.2) is 13.1 Å². The average Bonchev–Trinajstić information content (AvgIpc) is 2.53. The number of anilines is 1. The van der Waals surface area contributed by atoms with E-state index >= 15 is 0 Å². The van der Waals surface area contributed by atoms with Crippen LogP contribution in [0.1, 0.15) is 45.4 Å². The Kier molecular flexibility index (Phi) is 5.65. The summed E-state index contributed by atoms with van der Waals surface area (Å²) >= 11 is 0. The van der Waals surface area contributed by atoms with Crippen molar-refractivity contribution >= 4 is 15.7 Å². The summed E-state index contributed by atoms with van der Waals surface area (Å²) in [4.78, 5) is 0.335. The molecule has 0 amide bonds. The number of nitrogens with one attached hydrogen (secondary N) is 2. The van der Waals surface area contributed by atoms with E-state index in [4.69, 9.17) is 0 Å². The van der Waals surface area contributed by atoms with Crippen molar-refractivity contribution in [3.63, 3.8) is 0 Å². The predicted octanol–water partition coefficient (Wildman–Crippen LogP) is 3.37. The lowest BCUT2D eigenvalue weighted by Gasteiger charge is -2.30. The van der Waals surface area contributed by atoms with Crippen molar-refractivity contribution in [1.82, 2.24) is 4.72 Å². The summed E-state index contributed by atoms with van der Waals surface area (Å²) in [5, 5.41) is 2.95. The van der Waals surface area contributed by atoms with Gasteiger partial charge in [0.2, 0.25) is 10.0 Å². The fourth-order valence-corrected chi connectivity index (χ4v) is 4.82. The molecular formula is C16H26N2O2S. The summed E-state index contributed by atoms with van der Waals surface area (Å²) in [6.45, 7) is 2.06. The first-order valence-electron chi connectivity index (χ1n) is 7.87. The van der Waals surface area contributed by atoms with Crippen molar-refractivity contribution in [3.05, 3.63) is 24.3 Å². The SMILES string of the molecule is CCC(NS(=O)(=O)c1ccccc1NC)C1CCCCC1. The number of hydrogen-bond donors (Lipinski definition) is 2. The van der Waals surface area contributed by atoms with Crippen molar-refractivity contribution in [2.24, 2.45) is 5.92 Å². The molecule has 0 heterocycles. The second kappa shape index (κ2) is 7.27. The van der Waals surface area contributed by atoms with Crippen LogP contribution in [0.15, 0.2) is 29.2 Å². The molecule has 0 aliphatic heterocycles. The van der Waals surface area contributed by atoms with E-state index in [0.29, 0.717) is 16.5 Å². The van der Waals surface area contributed by atoms with Gasteiger partial charge in [-0.3, -0.25) is 0 Å². The zero-order valence-electron chi connectivity index (χ0n) is 12.9. The van der Waals surface area contributed by atoms with Crippen molar-refractivity contribution in [2.45, 2.75) is 56.4 Å². The highest BCUT2D eigenvalue weighted by atomic mass is 32.2. The Morgan fingerprint density at radius 3 is 2.48 bits per heavy atom. The standard InChI is InChI=1S/C16H26N2O2S/c1-3-14(13-9-5-4-6-10-13)18-21(19,20)16-12-8-7-11-15(16)17-2/h7-8,11-14,17-18H,3-6,9-10H2,1-2H3. The molecule has 0 bridgehead atoms. The first-order valence-corrected chi connectivity index (χ1v) is 9.36. The normalized spacial score (nSPS) is 18.4. The minimum Gasteiger partial charge on any atom is -0.387 e. The molecule has 1 atom stereocenters. The molecule has 1 aromatic rings. The van der Waals surface area contributed by atoms with Crippen LogP contribution in [0.2, 0.25) is 0 Å². The van der Waals surface area contributed by atoms with Crippen LogP contribution < -0.4 is 10.0 Å². The lowest BCUT2D eigenvalue weighted by atomic mass is 9.83. The predicted molar refractivity (Wildman–Crippen MR) is 87.0 cm³/mol. The molecule has 1 aliphatic carbocycles. The Bertz CT molecular complexity index is 551. The second-order valence-corrected chi connectivity index (χ2v) is 7.46. The fourth-order valence-electron chi connectivity index (χ4n) is 3.22. The molecule has 4 nitrogen and oxygen atoms in total. The number of benzene rings is 1. The molecule has 0 radical (unpaired) electrons. The average molecular weight is 310 g/mol. The molecule has 1 saturated carbocycles. The highest BCUT2D eigenvalue weighted by molar-refractivity contribution is 7.89.